The topological polar surface area (TPSA) is 54.4 Å². The van der Waals surface area contributed by atoms with Crippen molar-refractivity contribution in [2.24, 2.45) is 0 Å². The van der Waals surface area contributed by atoms with Gasteiger partial charge in [-0.15, -0.1) is 0 Å². The van der Waals surface area contributed by atoms with E-state index in [1.54, 1.807) is 0 Å². The normalized spacial score (nSPS) is 9.41. The number of hydrogen-bond acceptors (Lipinski definition) is 3. The number of unbranched alkanes of at least 4 members (excludes halogenated alkanes) is 9. The largest absolute Gasteiger partial charge is 1.00 e. The first kappa shape index (κ1) is 22.7. The van der Waals surface area contributed by atoms with Crippen LogP contribution in [0, 0.1) is 6.92 Å². The maximum absolute atomic E-state index is 8.56. The third-order valence-corrected chi connectivity index (χ3v) is 2.35. The molecule has 0 bridgehead atoms. The molecule has 0 heterocycles. The van der Waals surface area contributed by atoms with E-state index in [1.165, 1.54) is 57.8 Å². The van der Waals surface area contributed by atoms with Gasteiger partial charge in [0.1, 0.15) is 0 Å². The molecule has 0 saturated heterocycles. The summed E-state index contributed by atoms with van der Waals surface area (Å²) in [4.78, 5) is 0. The average molecular weight is 257 g/mol. The van der Waals surface area contributed by atoms with Gasteiger partial charge in [0, 0.05) is 11.0 Å². The van der Waals surface area contributed by atoms with Gasteiger partial charge in [0.05, 0.1) is 0 Å². The van der Waals surface area contributed by atoms with Crippen LogP contribution < -0.4 is 18.9 Å². The summed E-state index contributed by atoms with van der Waals surface area (Å²) >= 11 is 0. The van der Waals surface area contributed by atoms with Gasteiger partial charge in [-0.3, -0.25) is 0 Å². The van der Waals surface area contributed by atoms with Crippen molar-refractivity contribution < 1.29 is 31.8 Å². The molecule has 0 fully saturated rings. The van der Waals surface area contributed by atoms with Gasteiger partial charge < -0.3 is 13.0 Å². The molecule has 0 aliphatic carbocycles. The van der Waals surface area contributed by atoms with E-state index in [-0.39, 0.29) is 18.9 Å². The van der Waals surface area contributed by atoms with E-state index < -0.39 is 11.0 Å². The molecule has 0 rings (SSSR count). The monoisotopic (exact) mass is 257 g/mol. The molecule has 5 heteroatoms. The average Bonchev–Trinajstić information content (AvgIpc) is 2.21. The molecule has 99 valence electrons. The van der Waals surface area contributed by atoms with Crippen LogP contribution in [0.25, 0.3) is 0 Å². The van der Waals surface area contributed by atoms with Crippen LogP contribution in [0.3, 0.4) is 0 Å². The molecule has 0 atom stereocenters. The molecule has 1 radical (unpaired) electrons. The van der Waals surface area contributed by atoms with Crippen molar-refractivity contribution >= 4 is 11.0 Å². The number of rotatable bonds is 9. The van der Waals surface area contributed by atoms with Crippen molar-refractivity contribution in [3.8, 4) is 0 Å². The van der Waals surface area contributed by atoms with E-state index >= 15 is 0 Å². The second-order valence-corrected chi connectivity index (χ2v) is 4.33. The van der Waals surface area contributed by atoms with E-state index in [0.717, 1.165) is 6.42 Å². The van der Waals surface area contributed by atoms with Crippen LogP contribution in [0.4, 0.5) is 0 Å². The van der Waals surface area contributed by atoms with Crippen LogP contribution in [0.2, 0.25) is 0 Å². The fourth-order valence-electron chi connectivity index (χ4n) is 1.49. The molecule has 0 aromatic heterocycles. The van der Waals surface area contributed by atoms with Gasteiger partial charge in [0.2, 0.25) is 0 Å². The van der Waals surface area contributed by atoms with E-state index in [0.29, 0.717) is 0 Å². The predicted molar refractivity (Wildman–Crippen MR) is 68.6 cm³/mol. The van der Waals surface area contributed by atoms with Crippen molar-refractivity contribution in [1.29, 1.82) is 0 Å². The Morgan fingerprint density at radius 3 is 1.47 bits per heavy atom. The van der Waals surface area contributed by atoms with E-state index in [4.69, 9.17) is 13.0 Å². The Balaban J connectivity index is -0.000000340. The zero-order valence-electron chi connectivity index (χ0n) is 11.5. The Hall–Kier alpha value is 0.507. The minimum absolute atomic E-state index is 0. The molecule has 3 nitrogen and oxygen atoms in total. The van der Waals surface area contributed by atoms with Gasteiger partial charge in [0.25, 0.3) is 0 Å². The quantitative estimate of drug-likeness (QED) is 0.224. The van der Waals surface area contributed by atoms with Crippen molar-refractivity contribution in [2.45, 2.75) is 71.1 Å². The van der Waals surface area contributed by atoms with Crippen molar-refractivity contribution in [3.05, 3.63) is 6.92 Å². The fourth-order valence-corrected chi connectivity index (χ4v) is 1.49. The van der Waals surface area contributed by atoms with Gasteiger partial charge in [-0.2, -0.15) is 0 Å². The zero-order valence-corrected chi connectivity index (χ0v) is 12.3. The van der Waals surface area contributed by atoms with Crippen LogP contribution >= 0.6 is 0 Å². The summed E-state index contributed by atoms with van der Waals surface area (Å²) in [6.07, 6.45) is 13.9. The molecule has 0 aromatic carbocycles. The Kier molecular flexibility index (Phi) is 29.0. The molecule has 0 unspecified atom stereocenters. The molecule has 1 N–H and O–H groups in total. The van der Waals surface area contributed by atoms with Crippen molar-refractivity contribution in [1.82, 2.24) is 0 Å². The first-order chi connectivity index (χ1) is 7.65. The molecule has 0 aromatic rings. The smallest absolute Gasteiger partial charge is 0.439 e. The molecule has 0 amide bonds. The summed E-state index contributed by atoms with van der Waals surface area (Å²) in [7, 11) is -2.86. The van der Waals surface area contributed by atoms with E-state index in [9.17, 15) is 0 Å². The molecule has 0 aliphatic rings. The fraction of sp³-hybridized carbons (Fsp3) is 0.917. The zero-order chi connectivity index (χ0) is 12.6. The van der Waals surface area contributed by atoms with Crippen LogP contribution in [0.15, 0.2) is 0 Å². The third-order valence-electron chi connectivity index (χ3n) is 2.35. The minimum atomic E-state index is -2.86. The van der Waals surface area contributed by atoms with E-state index in [1.807, 2.05) is 0 Å². The minimum Gasteiger partial charge on any atom is -0.439 e. The maximum Gasteiger partial charge on any atom is 1.00 e. The Morgan fingerprint density at radius 1 is 0.882 bits per heavy atom. The van der Waals surface area contributed by atoms with Crippen molar-refractivity contribution in [3.63, 3.8) is 0 Å². The van der Waals surface area contributed by atoms with Gasteiger partial charge in [-0.25, -0.2) is 0 Å². The summed E-state index contributed by atoms with van der Waals surface area (Å²) in [5, 5.41) is 0. The summed E-state index contributed by atoms with van der Waals surface area (Å²) in [6.45, 7) is 6.12. The SMILES string of the molecule is O=[S-](=O)O.[CH2]CCCCCCCCCCC.[Li+]. The molecular formula is C12H26LiO3S. The summed E-state index contributed by atoms with van der Waals surface area (Å²) < 4.78 is 24.1. The van der Waals surface area contributed by atoms with E-state index in [2.05, 4.69) is 13.8 Å². The second-order valence-electron chi connectivity index (χ2n) is 3.90. The Morgan fingerprint density at radius 2 is 1.18 bits per heavy atom. The predicted octanol–water partition coefficient (Wildman–Crippen LogP) is 1.51. The second kappa shape index (κ2) is 21.8. The van der Waals surface area contributed by atoms with Crippen LogP contribution in [-0.2, 0) is 19.4 Å². The molecule has 0 spiro atoms. The summed E-state index contributed by atoms with van der Waals surface area (Å²) in [6, 6.07) is 0. The van der Waals surface area contributed by atoms with Crippen molar-refractivity contribution in [2.75, 3.05) is 0 Å². The Bertz CT molecular complexity index is 167. The van der Waals surface area contributed by atoms with Crippen LogP contribution in [-0.4, -0.2) is 4.55 Å². The van der Waals surface area contributed by atoms with Crippen LogP contribution in [0.1, 0.15) is 71.1 Å². The molecular weight excluding hydrogens is 231 g/mol. The first-order valence-corrected chi connectivity index (χ1v) is 7.25. The maximum atomic E-state index is 8.56. The van der Waals surface area contributed by atoms with Gasteiger partial charge >= 0.3 is 18.9 Å². The summed E-state index contributed by atoms with van der Waals surface area (Å²) in [5.41, 5.74) is 0. The van der Waals surface area contributed by atoms with Gasteiger partial charge in [0.15, 0.2) is 0 Å². The summed E-state index contributed by atoms with van der Waals surface area (Å²) in [5.74, 6) is 0. The van der Waals surface area contributed by atoms with Gasteiger partial charge in [-0.05, 0) is 0 Å². The van der Waals surface area contributed by atoms with Crippen LogP contribution in [0.5, 0.6) is 0 Å². The molecule has 0 aliphatic heterocycles. The van der Waals surface area contributed by atoms with Gasteiger partial charge in [-0.1, -0.05) is 78.1 Å². The number of hydrogen-bond donors (Lipinski definition) is 1. The Labute approximate surface area is 121 Å². The standard InChI is InChI=1S/C12H25.Li.HO3S/c1-3-5-7-9-11-12-10-8-6-4-2;;1-4(2)3/h1,3-12H2,2H3;;(H,1,2,3)/q;+1;-1. The molecule has 0 saturated carbocycles. The third kappa shape index (κ3) is 38.4. The molecule has 17 heavy (non-hydrogen) atoms. The first-order valence-electron chi connectivity index (χ1n) is 6.22.